The number of nitrogens with one attached hydrogen (secondary N) is 3. The molecule has 2 aliphatic rings. The quantitative estimate of drug-likeness (QED) is 0.147. The van der Waals surface area contributed by atoms with E-state index in [9.17, 15) is 28.0 Å². The number of anilines is 2. The predicted octanol–water partition coefficient (Wildman–Crippen LogP) is 8.84. The lowest BCUT2D eigenvalue weighted by atomic mass is 9.89. The average Bonchev–Trinajstić information content (AvgIpc) is 3.65. The van der Waals surface area contributed by atoms with E-state index in [1.165, 1.54) is 50.6 Å². The minimum absolute atomic E-state index is 0. The van der Waals surface area contributed by atoms with E-state index >= 15 is 0 Å². The van der Waals surface area contributed by atoms with Crippen LogP contribution in [-0.2, 0) is 36.4 Å². The van der Waals surface area contributed by atoms with Crippen LogP contribution in [0.1, 0.15) is 88.4 Å². The molecule has 17 heteroatoms. The number of halogens is 5. The van der Waals surface area contributed by atoms with Crippen molar-refractivity contribution in [3.05, 3.63) is 104 Å². The number of nitrogens with zero attached hydrogens (tertiary/aromatic N) is 2. The Morgan fingerprint density at radius 3 is 1.67 bits per heavy atom. The Balaban J connectivity index is 0.000000256. The van der Waals surface area contributed by atoms with Gasteiger partial charge in [-0.1, -0.05) is 30.6 Å². The fourth-order valence-corrected chi connectivity index (χ4v) is 6.67. The van der Waals surface area contributed by atoms with Gasteiger partial charge in [-0.25, -0.2) is 18.4 Å². The van der Waals surface area contributed by atoms with Crippen molar-refractivity contribution in [1.29, 1.82) is 0 Å². The molecule has 0 radical (unpaired) electrons. The summed E-state index contributed by atoms with van der Waals surface area (Å²) in [4.78, 5) is 46.2. The molecule has 0 fully saturated rings. The molecule has 12 nitrogen and oxygen atoms in total. The molecule has 2 heterocycles. The van der Waals surface area contributed by atoms with Gasteiger partial charge in [0.25, 0.3) is 11.8 Å². The average molecular weight is 812 g/mol. The van der Waals surface area contributed by atoms with Gasteiger partial charge in [-0.3, -0.25) is 9.59 Å². The summed E-state index contributed by atoms with van der Waals surface area (Å²) >= 11 is 16.1. The molecule has 0 aliphatic heterocycles. The molecule has 2 aromatic heterocycles. The molecule has 0 saturated carbocycles. The smallest absolute Gasteiger partial charge is 0.407 e. The van der Waals surface area contributed by atoms with Gasteiger partial charge in [0.1, 0.15) is 23.0 Å². The first-order chi connectivity index (χ1) is 25.1. The maximum atomic E-state index is 13.3. The molecule has 6 rings (SSSR count). The molecular weight excluding hydrogens is 769 g/mol. The Hall–Kier alpha value is -4.63. The second-order valence-corrected chi connectivity index (χ2v) is 13.4. The molecule has 0 spiro atoms. The van der Waals surface area contributed by atoms with Gasteiger partial charge >= 0.3 is 11.5 Å². The number of nitrogens with two attached hydrogens (primary N) is 1. The molecule has 2 atom stereocenters. The molecule has 2 aliphatic carbocycles. The van der Waals surface area contributed by atoms with Gasteiger partial charge in [-0.2, -0.15) is 0 Å². The Kier molecular flexibility index (Phi) is 15.9. The maximum Gasteiger partial charge on any atom is 0.407 e. The van der Waals surface area contributed by atoms with E-state index in [1.54, 1.807) is 16.2 Å². The highest BCUT2D eigenvalue weighted by molar-refractivity contribution is 6.61. The zero-order chi connectivity index (χ0) is 39.0. The van der Waals surface area contributed by atoms with E-state index in [1.807, 2.05) is 19.4 Å². The van der Waals surface area contributed by atoms with E-state index in [-0.39, 0.29) is 41.4 Å². The summed E-state index contributed by atoms with van der Waals surface area (Å²) in [6.07, 6.45) is 8.38. The third kappa shape index (κ3) is 10.7. The van der Waals surface area contributed by atoms with E-state index in [2.05, 4.69) is 37.0 Å². The summed E-state index contributed by atoms with van der Waals surface area (Å²) in [6.45, 7) is 0. The van der Waals surface area contributed by atoms with Crippen molar-refractivity contribution in [2.45, 2.75) is 58.0 Å². The van der Waals surface area contributed by atoms with Gasteiger partial charge in [0.2, 0.25) is 0 Å². The summed E-state index contributed by atoms with van der Waals surface area (Å²) in [7, 11) is 6.14. The van der Waals surface area contributed by atoms with Crippen molar-refractivity contribution in [2.75, 3.05) is 24.9 Å². The molecule has 2 unspecified atom stereocenters. The summed E-state index contributed by atoms with van der Waals surface area (Å²) in [5.74, 6) is -1.60. The van der Waals surface area contributed by atoms with Crippen LogP contribution in [0.3, 0.4) is 0 Å². The molecular formula is C37H43Cl3F2N6O6. The predicted molar refractivity (Wildman–Crippen MR) is 206 cm³/mol. The number of aromatic nitrogens is 2. The number of amides is 3. The monoisotopic (exact) mass is 810 g/mol. The molecule has 54 heavy (non-hydrogen) atoms. The van der Waals surface area contributed by atoms with Crippen molar-refractivity contribution in [3.63, 3.8) is 0 Å². The van der Waals surface area contributed by atoms with Crippen LogP contribution >= 0.6 is 34.8 Å². The van der Waals surface area contributed by atoms with Crippen molar-refractivity contribution >= 4 is 69.5 Å². The number of methoxy groups -OCH3 is 2. The van der Waals surface area contributed by atoms with Crippen LogP contribution in [0.25, 0.3) is 0 Å². The zero-order valence-electron chi connectivity index (χ0n) is 29.3. The third-order valence-corrected chi connectivity index (χ3v) is 9.43. The van der Waals surface area contributed by atoms with Crippen LogP contribution < -0.4 is 21.7 Å². The summed E-state index contributed by atoms with van der Waals surface area (Å²) < 4.78 is 38.6. The lowest BCUT2D eigenvalue weighted by molar-refractivity contribution is 0.101. The summed E-state index contributed by atoms with van der Waals surface area (Å²) in [5, 5.41) is 8.24. The Morgan fingerprint density at radius 2 is 1.22 bits per heavy atom. The van der Waals surface area contributed by atoms with Gasteiger partial charge in [0.15, 0.2) is 0 Å². The van der Waals surface area contributed by atoms with E-state index < -0.39 is 23.2 Å². The van der Waals surface area contributed by atoms with E-state index in [0.717, 1.165) is 60.8 Å². The highest BCUT2D eigenvalue weighted by atomic mass is 35.5. The lowest BCUT2D eigenvalue weighted by Crippen LogP contribution is -2.30. The number of rotatable bonds is 5. The third-order valence-electron chi connectivity index (χ3n) is 8.70. The molecule has 0 bridgehead atoms. The number of ether oxygens (including phenoxy) is 2. The Labute approximate surface area is 327 Å². The zero-order valence-corrected chi connectivity index (χ0v) is 31.6. The Bertz CT molecular complexity index is 2000. The number of alkyl carbamates (subject to hydrolysis) is 1. The van der Waals surface area contributed by atoms with Gasteiger partial charge in [-0.05, 0) is 97.2 Å². The molecule has 2 aromatic carbocycles. The molecule has 0 saturated heterocycles. The standard InChI is InChI=1S/C18H19ClFN3O3.C16H17ClFN3O.C2H3ClO2.CH4/c1-23-9-12-11(4-3-5-15(12)22-18(25)26-2)16(23)17(24)21-10-6-7-14(20)13(19)8-10;1-21-8-11-10(3-2-4-14(11)19)15(21)16(22)20-9-5-6-13(18)12(17)7-9;1-5-2(3)4;/h6-9,15H,3-5H2,1-2H3,(H,21,24)(H,22,25);5-8,14H,2-4,19H2,1H3,(H,20,22);1H3;1H4. The van der Waals surface area contributed by atoms with Crippen LogP contribution in [0.5, 0.6) is 0 Å². The summed E-state index contributed by atoms with van der Waals surface area (Å²) in [5.41, 5.74) is 11.2. The molecule has 292 valence electrons. The molecule has 4 aromatic rings. The van der Waals surface area contributed by atoms with Crippen LogP contribution in [0.4, 0.5) is 29.7 Å². The van der Waals surface area contributed by atoms with Crippen molar-refractivity contribution in [1.82, 2.24) is 14.5 Å². The van der Waals surface area contributed by atoms with Crippen LogP contribution in [0, 0.1) is 11.6 Å². The second-order valence-electron chi connectivity index (χ2n) is 12.2. The van der Waals surface area contributed by atoms with Crippen LogP contribution in [0.2, 0.25) is 10.0 Å². The topological polar surface area (TPSA) is 159 Å². The van der Waals surface area contributed by atoms with Crippen molar-refractivity contribution < 1.29 is 37.4 Å². The van der Waals surface area contributed by atoms with E-state index in [4.69, 9.17) is 28.9 Å². The number of carbonyl (C=O) groups excluding carboxylic acids is 4. The fraction of sp³-hybridized carbons (Fsp3) is 0.351. The Morgan fingerprint density at radius 1 is 0.778 bits per heavy atom. The lowest BCUT2D eigenvalue weighted by Gasteiger charge is -2.23. The largest absolute Gasteiger partial charge is 0.457 e. The minimum Gasteiger partial charge on any atom is -0.457 e. The molecule has 3 amide bonds. The van der Waals surface area contributed by atoms with Gasteiger partial charge in [0.05, 0.1) is 30.3 Å². The van der Waals surface area contributed by atoms with Crippen LogP contribution in [0.15, 0.2) is 48.8 Å². The maximum absolute atomic E-state index is 13.3. The van der Waals surface area contributed by atoms with Gasteiger partial charge in [0, 0.05) is 55.5 Å². The number of aryl methyl sites for hydroxylation is 2. The minimum atomic E-state index is -0.773. The normalized spacial score (nSPS) is 15.3. The van der Waals surface area contributed by atoms with Gasteiger partial charge < -0.3 is 40.3 Å². The highest BCUT2D eigenvalue weighted by Crippen LogP contribution is 2.34. The fourth-order valence-electron chi connectivity index (χ4n) is 6.31. The number of carbonyl (C=O) groups is 4. The SMILES string of the molecule is C.COC(=O)Cl.COC(=O)NC1CCCc2c1cn(C)c2C(=O)Nc1ccc(F)c(Cl)c1.Cn1cc2c(c1C(=O)Nc1ccc(F)c(Cl)c1)CCCC2N. The summed E-state index contributed by atoms with van der Waals surface area (Å²) in [6, 6.07) is 7.93. The first kappa shape index (κ1) is 43.8. The van der Waals surface area contributed by atoms with E-state index in [0.29, 0.717) is 22.8 Å². The molecule has 5 N–H and O–H groups in total. The van der Waals surface area contributed by atoms with Gasteiger partial charge in [-0.15, -0.1) is 0 Å². The second kappa shape index (κ2) is 19.6. The first-order valence-corrected chi connectivity index (χ1v) is 17.5. The number of hydrogen-bond donors (Lipinski definition) is 4. The number of fused-ring (bicyclic) bond motifs is 2. The number of benzene rings is 2. The van der Waals surface area contributed by atoms with Crippen molar-refractivity contribution in [3.8, 4) is 0 Å². The van der Waals surface area contributed by atoms with Crippen molar-refractivity contribution in [2.24, 2.45) is 19.8 Å². The first-order valence-electron chi connectivity index (χ1n) is 16.4. The van der Waals surface area contributed by atoms with Crippen LogP contribution in [-0.4, -0.2) is 46.7 Å². The number of hydrogen-bond acceptors (Lipinski definition) is 7. The highest BCUT2D eigenvalue weighted by Gasteiger charge is 2.30.